The quantitative estimate of drug-likeness (QED) is 0.526. The maximum atomic E-state index is 7.96. The maximum Gasteiger partial charge on any atom is 0.132 e. The zero-order chi connectivity index (χ0) is 9.80. The molecule has 0 aromatic heterocycles. The van der Waals surface area contributed by atoms with E-state index in [2.05, 4.69) is 0 Å². The Bertz CT molecular complexity index is 377. The highest BCUT2D eigenvalue weighted by molar-refractivity contribution is 5.97. The largest absolute Gasteiger partial charge is 0.329 e. The molecule has 1 N–H and O–H groups in total. The Kier molecular flexibility index (Phi) is 2.45. The van der Waals surface area contributed by atoms with Crippen molar-refractivity contribution in [2.45, 2.75) is 0 Å². The molecule has 2 heteroatoms. The monoisotopic (exact) mass is 184 g/mol. The Hall–Kier alpha value is -1.83. The molecule has 0 aliphatic carbocycles. The fourth-order valence-corrected chi connectivity index (χ4v) is 1.40. The minimum atomic E-state index is 0.547. The van der Waals surface area contributed by atoms with Crippen molar-refractivity contribution in [1.82, 2.24) is 4.90 Å². The van der Waals surface area contributed by atoms with E-state index in [-0.39, 0.29) is 0 Å². The number of nitrogens with zero attached hydrogens (tertiary/aromatic N) is 1. The van der Waals surface area contributed by atoms with Gasteiger partial charge in [0.1, 0.15) is 5.84 Å². The van der Waals surface area contributed by atoms with Crippen LogP contribution in [0.15, 0.2) is 54.8 Å². The van der Waals surface area contributed by atoms with Crippen molar-refractivity contribution in [3.8, 4) is 0 Å². The summed E-state index contributed by atoms with van der Waals surface area (Å²) >= 11 is 0. The Labute approximate surface area is 83.7 Å². The van der Waals surface area contributed by atoms with Gasteiger partial charge in [-0.05, 0) is 6.08 Å². The van der Waals surface area contributed by atoms with Gasteiger partial charge < -0.3 is 4.90 Å². The van der Waals surface area contributed by atoms with E-state index in [4.69, 9.17) is 5.41 Å². The highest BCUT2D eigenvalue weighted by Gasteiger charge is 2.07. The zero-order valence-corrected chi connectivity index (χ0v) is 7.85. The van der Waals surface area contributed by atoms with E-state index in [9.17, 15) is 0 Å². The van der Waals surface area contributed by atoms with Crippen LogP contribution in [0.1, 0.15) is 5.56 Å². The number of hydrogen-bond acceptors (Lipinski definition) is 1. The summed E-state index contributed by atoms with van der Waals surface area (Å²) in [5.74, 6) is 0.547. The van der Waals surface area contributed by atoms with Gasteiger partial charge in [0.25, 0.3) is 0 Å². The van der Waals surface area contributed by atoms with E-state index < -0.39 is 0 Å². The first kappa shape index (κ1) is 8.75. The first-order valence-electron chi connectivity index (χ1n) is 4.62. The number of rotatable bonds is 1. The van der Waals surface area contributed by atoms with Gasteiger partial charge in [-0.15, -0.1) is 0 Å². The first-order chi connectivity index (χ1) is 6.88. The molecule has 0 spiro atoms. The van der Waals surface area contributed by atoms with E-state index in [1.165, 1.54) is 0 Å². The van der Waals surface area contributed by atoms with Crippen molar-refractivity contribution in [2.24, 2.45) is 0 Å². The highest BCUT2D eigenvalue weighted by Crippen LogP contribution is 2.07. The van der Waals surface area contributed by atoms with Crippen molar-refractivity contribution >= 4 is 5.84 Å². The summed E-state index contributed by atoms with van der Waals surface area (Å²) in [7, 11) is 0. The lowest BCUT2D eigenvalue weighted by Crippen LogP contribution is -2.26. The number of amidine groups is 1. The molecular formula is C12H12N2. The van der Waals surface area contributed by atoms with E-state index in [1.807, 2.05) is 59.7 Å². The van der Waals surface area contributed by atoms with E-state index >= 15 is 0 Å². The average molecular weight is 184 g/mol. The molecule has 0 amide bonds. The van der Waals surface area contributed by atoms with Crippen LogP contribution >= 0.6 is 0 Å². The molecule has 0 atom stereocenters. The summed E-state index contributed by atoms with van der Waals surface area (Å²) in [6, 6.07) is 9.77. The fraction of sp³-hybridized carbons (Fsp3) is 0.0833. The van der Waals surface area contributed by atoms with Gasteiger partial charge in [0, 0.05) is 18.3 Å². The van der Waals surface area contributed by atoms with Gasteiger partial charge >= 0.3 is 0 Å². The lowest BCUT2D eigenvalue weighted by atomic mass is 10.2. The van der Waals surface area contributed by atoms with E-state index in [1.54, 1.807) is 0 Å². The molecule has 0 fully saturated rings. The molecule has 2 nitrogen and oxygen atoms in total. The summed E-state index contributed by atoms with van der Waals surface area (Å²) < 4.78 is 0. The second-order valence-corrected chi connectivity index (χ2v) is 3.14. The van der Waals surface area contributed by atoms with Crippen LogP contribution in [-0.4, -0.2) is 17.3 Å². The van der Waals surface area contributed by atoms with Crippen LogP contribution in [0.25, 0.3) is 0 Å². The molecule has 1 heterocycles. The predicted molar refractivity (Wildman–Crippen MR) is 58.3 cm³/mol. The molecule has 1 aliphatic rings. The lowest BCUT2D eigenvalue weighted by Gasteiger charge is -2.21. The molecule has 1 aliphatic heterocycles. The highest BCUT2D eigenvalue weighted by atomic mass is 15.1. The number of benzene rings is 1. The molecule has 2 rings (SSSR count). The van der Waals surface area contributed by atoms with Crippen LogP contribution < -0.4 is 0 Å². The minimum absolute atomic E-state index is 0.547. The van der Waals surface area contributed by atoms with Crippen LogP contribution in [0, 0.1) is 5.41 Å². The Morgan fingerprint density at radius 2 is 1.93 bits per heavy atom. The maximum absolute atomic E-state index is 7.96. The van der Waals surface area contributed by atoms with Crippen LogP contribution in [0.4, 0.5) is 0 Å². The van der Waals surface area contributed by atoms with Crippen LogP contribution in [0.5, 0.6) is 0 Å². The number of nitrogens with one attached hydrogen (secondary N) is 1. The smallest absolute Gasteiger partial charge is 0.132 e. The van der Waals surface area contributed by atoms with Crippen LogP contribution in [0.3, 0.4) is 0 Å². The Morgan fingerprint density at radius 1 is 1.14 bits per heavy atom. The molecule has 14 heavy (non-hydrogen) atoms. The molecule has 0 saturated heterocycles. The third kappa shape index (κ3) is 1.74. The summed E-state index contributed by atoms with van der Waals surface area (Å²) in [6.45, 7) is 0.782. The van der Waals surface area contributed by atoms with Crippen molar-refractivity contribution < 1.29 is 0 Å². The summed E-state index contributed by atoms with van der Waals surface area (Å²) in [5.41, 5.74) is 0.951. The lowest BCUT2D eigenvalue weighted by molar-refractivity contribution is 0.612. The van der Waals surface area contributed by atoms with Crippen LogP contribution in [0.2, 0.25) is 0 Å². The number of allylic oxidation sites excluding steroid dienone is 2. The topological polar surface area (TPSA) is 27.1 Å². The minimum Gasteiger partial charge on any atom is -0.329 e. The molecule has 0 unspecified atom stereocenters. The third-order valence-electron chi connectivity index (χ3n) is 2.15. The summed E-state index contributed by atoms with van der Waals surface area (Å²) in [4.78, 5) is 1.91. The van der Waals surface area contributed by atoms with Crippen molar-refractivity contribution in [1.29, 1.82) is 5.41 Å². The molecule has 1 aromatic rings. The molecule has 0 saturated carbocycles. The normalized spacial score (nSPS) is 14.4. The van der Waals surface area contributed by atoms with Crippen molar-refractivity contribution in [3.05, 3.63) is 60.3 Å². The zero-order valence-electron chi connectivity index (χ0n) is 7.85. The van der Waals surface area contributed by atoms with Gasteiger partial charge in [0.15, 0.2) is 0 Å². The molecule has 0 bridgehead atoms. The van der Waals surface area contributed by atoms with Gasteiger partial charge in [0.2, 0.25) is 0 Å². The molecule has 0 radical (unpaired) electrons. The molecular weight excluding hydrogens is 172 g/mol. The van der Waals surface area contributed by atoms with Crippen molar-refractivity contribution in [3.63, 3.8) is 0 Å². The fourth-order valence-electron chi connectivity index (χ4n) is 1.40. The molecule has 1 aromatic carbocycles. The van der Waals surface area contributed by atoms with Crippen LogP contribution in [-0.2, 0) is 0 Å². The van der Waals surface area contributed by atoms with Crippen molar-refractivity contribution in [2.75, 3.05) is 6.54 Å². The van der Waals surface area contributed by atoms with E-state index in [0.717, 1.165) is 12.1 Å². The predicted octanol–water partition coefficient (Wildman–Crippen LogP) is 2.40. The van der Waals surface area contributed by atoms with E-state index in [0.29, 0.717) is 5.84 Å². The second kappa shape index (κ2) is 3.92. The Morgan fingerprint density at radius 3 is 2.57 bits per heavy atom. The van der Waals surface area contributed by atoms with Gasteiger partial charge in [-0.3, -0.25) is 5.41 Å². The number of hydrogen-bond donors (Lipinski definition) is 1. The van der Waals surface area contributed by atoms with Gasteiger partial charge in [-0.1, -0.05) is 42.5 Å². The third-order valence-corrected chi connectivity index (χ3v) is 2.15. The average Bonchev–Trinajstić information content (AvgIpc) is 2.30. The standard InChI is InChI=1S/C12H12N2/c13-12(11-7-3-1-4-8-11)14-9-5-2-6-10-14/h1-9,13H,10H2. The molecule has 70 valence electrons. The summed E-state index contributed by atoms with van der Waals surface area (Å²) in [6.07, 6.45) is 7.91. The second-order valence-electron chi connectivity index (χ2n) is 3.14. The first-order valence-corrected chi connectivity index (χ1v) is 4.62. The Balaban J connectivity index is 2.17. The van der Waals surface area contributed by atoms with Gasteiger partial charge in [-0.25, -0.2) is 0 Å². The van der Waals surface area contributed by atoms with Gasteiger partial charge in [-0.2, -0.15) is 0 Å². The van der Waals surface area contributed by atoms with Gasteiger partial charge in [0.05, 0.1) is 0 Å². The summed E-state index contributed by atoms with van der Waals surface area (Å²) in [5, 5.41) is 7.96. The SMILES string of the molecule is N=C(c1ccccc1)N1C=CC=CC1.